The van der Waals surface area contributed by atoms with Crippen molar-refractivity contribution in [2.24, 2.45) is 0 Å². The Morgan fingerprint density at radius 2 is 1.79 bits per heavy atom. The Labute approximate surface area is 170 Å². The van der Waals surface area contributed by atoms with Crippen molar-refractivity contribution in [1.82, 2.24) is 0 Å². The van der Waals surface area contributed by atoms with Gasteiger partial charge in [-0.05, 0) is 31.2 Å². The second kappa shape index (κ2) is 8.13. The number of rotatable bonds is 4. The van der Waals surface area contributed by atoms with E-state index in [0.29, 0.717) is 13.2 Å². The molecule has 3 unspecified atom stereocenters. The van der Waals surface area contributed by atoms with Crippen LogP contribution in [-0.2, 0) is 23.7 Å². The minimum absolute atomic E-state index is 0.0967. The molecule has 5 rings (SSSR count). The van der Waals surface area contributed by atoms with E-state index in [1.165, 1.54) is 6.42 Å². The first-order chi connectivity index (χ1) is 13.8. The third-order valence-corrected chi connectivity index (χ3v) is 6.89. The molecule has 0 aromatic heterocycles. The summed E-state index contributed by atoms with van der Waals surface area (Å²) in [6.07, 6.45) is 6.41. The Morgan fingerprint density at radius 3 is 2.57 bits per heavy atom. The van der Waals surface area contributed by atoms with Crippen LogP contribution >= 0.6 is 11.8 Å². The Bertz CT molecular complexity index is 652. The highest BCUT2D eigenvalue weighted by Crippen LogP contribution is 2.45. The van der Waals surface area contributed by atoms with Gasteiger partial charge in [-0.2, -0.15) is 0 Å². The lowest BCUT2D eigenvalue weighted by Gasteiger charge is -2.51. The van der Waals surface area contributed by atoms with Crippen molar-refractivity contribution in [2.75, 3.05) is 19.5 Å². The molecule has 0 radical (unpaired) electrons. The molecule has 0 amide bonds. The maximum Gasteiger partial charge on any atom is 0.192 e. The highest BCUT2D eigenvalue weighted by atomic mass is 32.2. The highest BCUT2D eigenvalue weighted by molar-refractivity contribution is 7.99. The van der Waals surface area contributed by atoms with Crippen molar-refractivity contribution in [3.63, 3.8) is 0 Å². The first-order valence-corrected chi connectivity index (χ1v) is 11.5. The molecule has 6 nitrogen and oxygen atoms in total. The van der Waals surface area contributed by atoms with Gasteiger partial charge in [0.15, 0.2) is 12.1 Å². The molecule has 0 bridgehead atoms. The molecule has 1 spiro atoms. The van der Waals surface area contributed by atoms with Gasteiger partial charge in [0.1, 0.15) is 42.2 Å². The van der Waals surface area contributed by atoms with Gasteiger partial charge in [-0.1, -0.05) is 24.6 Å². The zero-order chi connectivity index (χ0) is 19.0. The maximum atomic E-state index is 6.53. The van der Waals surface area contributed by atoms with Crippen LogP contribution in [0.1, 0.15) is 32.1 Å². The van der Waals surface area contributed by atoms with Crippen molar-refractivity contribution in [3.05, 3.63) is 30.3 Å². The lowest BCUT2D eigenvalue weighted by atomic mass is 9.91. The van der Waals surface area contributed by atoms with Crippen molar-refractivity contribution in [3.8, 4) is 5.75 Å². The molecule has 3 saturated heterocycles. The molecule has 154 valence electrons. The number of fused-ring (bicyclic) bond motifs is 3. The van der Waals surface area contributed by atoms with Crippen LogP contribution in [0.25, 0.3) is 0 Å². The van der Waals surface area contributed by atoms with E-state index in [2.05, 4.69) is 0 Å². The Balaban J connectivity index is 1.28. The van der Waals surface area contributed by atoms with Crippen molar-refractivity contribution >= 4 is 11.8 Å². The van der Waals surface area contributed by atoms with Crippen LogP contribution in [0, 0.1) is 0 Å². The summed E-state index contributed by atoms with van der Waals surface area (Å²) in [5.74, 6) is 0.338. The summed E-state index contributed by atoms with van der Waals surface area (Å²) < 4.78 is 37.3. The summed E-state index contributed by atoms with van der Waals surface area (Å²) >= 11 is 1.64. The van der Waals surface area contributed by atoms with Crippen molar-refractivity contribution in [1.29, 1.82) is 0 Å². The predicted octanol–water partition coefficient (Wildman–Crippen LogP) is 3.34. The topological polar surface area (TPSA) is 55.4 Å². The monoisotopic (exact) mass is 408 g/mol. The van der Waals surface area contributed by atoms with E-state index in [0.717, 1.165) is 31.4 Å². The smallest absolute Gasteiger partial charge is 0.192 e. The van der Waals surface area contributed by atoms with Crippen LogP contribution in [0.2, 0.25) is 0 Å². The molecular weight excluding hydrogens is 380 g/mol. The zero-order valence-corrected chi connectivity index (χ0v) is 17.0. The number of benzene rings is 1. The van der Waals surface area contributed by atoms with Crippen LogP contribution in [0.3, 0.4) is 0 Å². The second-order valence-corrected chi connectivity index (χ2v) is 8.83. The van der Waals surface area contributed by atoms with Gasteiger partial charge in [0.2, 0.25) is 0 Å². The van der Waals surface area contributed by atoms with E-state index in [4.69, 9.17) is 28.4 Å². The summed E-state index contributed by atoms with van der Waals surface area (Å²) in [4.78, 5) is 0. The SMILES string of the molecule is CS[C@@H]1OC2COC3(CCCCC3)O[C@H]2[C@@H]2OC(COc3ccccc3)OC21. The standard InChI is InChI=1S/C21H28O6S/c1-28-20-19-18(25-16(26-19)13-22-14-8-4-2-5-9-14)17-15(24-20)12-23-21(27-17)10-6-3-7-11-21/h2,4-5,8-9,15-20H,3,6-7,10-13H2,1H3/t15?,16?,17-,18+,19?,20+/m1/s1. The quantitative estimate of drug-likeness (QED) is 0.757. The minimum atomic E-state index is -0.471. The van der Waals surface area contributed by atoms with E-state index in [1.807, 2.05) is 36.6 Å². The summed E-state index contributed by atoms with van der Waals surface area (Å²) in [6.45, 7) is 0.899. The van der Waals surface area contributed by atoms with Gasteiger partial charge in [-0.15, -0.1) is 11.8 Å². The second-order valence-electron chi connectivity index (χ2n) is 7.90. The van der Waals surface area contributed by atoms with Crippen LogP contribution in [-0.4, -0.2) is 61.4 Å². The lowest BCUT2D eigenvalue weighted by molar-refractivity contribution is -0.362. The predicted molar refractivity (Wildman–Crippen MR) is 104 cm³/mol. The van der Waals surface area contributed by atoms with E-state index >= 15 is 0 Å². The van der Waals surface area contributed by atoms with Crippen molar-refractivity contribution < 1.29 is 28.4 Å². The fourth-order valence-corrected chi connectivity index (χ4v) is 5.40. The largest absolute Gasteiger partial charge is 0.488 e. The van der Waals surface area contributed by atoms with Gasteiger partial charge in [-0.3, -0.25) is 0 Å². The molecule has 4 aliphatic rings. The molecule has 1 aliphatic carbocycles. The number of ether oxygens (including phenoxy) is 6. The van der Waals surface area contributed by atoms with E-state index in [1.54, 1.807) is 11.8 Å². The van der Waals surface area contributed by atoms with Crippen LogP contribution in [0.4, 0.5) is 0 Å². The zero-order valence-electron chi connectivity index (χ0n) is 16.2. The molecule has 3 heterocycles. The molecule has 0 N–H and O–H groups in total. The van der Waals surface area contributed by atoms with Crippen LogP contribution < -0.4 is 4.74 Å². The average Bonchev–Trinajstić information content (AvgIpc) is 3.18. The molecule has 28 heavy (non-hydrogen) atoms. The first-order valence-electron chi connectivity index (χ1n) is 10.3. The third kappa shape index (κ3) is 3.68. The van der Waals surface area contributed by atoms with Crippen LogP contribution in [0.5, 0.6) is 5.75 Å². The average molecular weight is 409 g/mol. The van der Waals surface area contributed by atoms with Crippen LogP contribution in [0.15, 0.2) is 30.3 Å². The van der Waals surface area contributed by atoms with Gasteiger partial charge < -0.3 is 28.4 Å². The van der Waals surface area contributed by atoms with E-state index in [9.17, 15) is 0 Å². The Kier molecular flexibility index (Phi) is 5.56. The fourth-order valence-electron chi connectivity index (χ4n) is 4.65. The number of hydrogen-bond donors (Lipinski definition) is 0. The maximum absolute atomic E-state index is 6.53. The third-order valence-electron chi connectivity index (χ3n) is 6.05. The van der Waals surface area contributed by atoms with E-state index < -0.39 is 12.1 Å². The number of hydrogen-bond acceptors (Lipinski definition) is 7. The normalized spacial score (nSPS) is 39.3. The summed E-state index contributed by atoms with van der Waals surface area (Å²) in [5.41, 5.74) is -0.0967. The van der Waals surface area contributed by atoms with Gasteiger partial charge in [0.25, 0.3) is 0 Å². The minimum Gasteiger partial charge on any atom is -0.488 e. The molecule has 1 aromatic carbocycles. The van der Waals surface area contributed by atoms with Gasteiger partial charge in [0.05, 0.1) is 6.61 Å². The summed E-state index contributed by atoms with van der Waals surface area (Å²) in [6, 6.07) is 9.73. The summed E-state index contributed by atoms with van der Waals surface area (Å²) in [7, 11) is 0. The van der Waals surface area contributed by atoms with Crippen molar-refractivity contribution in [2.45, 2.75) is 74.0 Å². The molecule has 4 fully saturated rings. The molecule has 3 aliphatic heterocycles. The Hall–Kier alpha value is -0.830. The number of para-hydroxylation sites is 1. The first kappa shape index (κ1) is 19.2. The molecule has 1 aromatic rings. The Morgan fingerprint density at radius 1 is 1.00 bits per heavy atom. The molecular formula is C21H28O6S. The fraction of sp³-hybridized carbons (Fsp3) is 0.714. The summed E-state index contributed by atoms with van der Waals surface area (Å²) in [5, 5.41) is 0. The molecule has 6 atom stereocenters. The molecule has 7 heteroatoms. The van der Waals surface area contributed by atoms with Gasteiger partial charge in [0, 0.05) is 12.8 Å². The highest BCUT2D eigenvalue weighted by Gasteiger charge is 2.58. The van der Waals surface area contributed by atoms with E-state index in [-0.39, 0.29) is 29.9 Å². The lowest BCUT2D eigenvalue weighted by Crippen LogP contribution is -2.64. The van der Waals surface area contributed by atoms with Gasteiger partial charge in [-0.25, -0.2) is 0 Å². The molecule has 1 saturated carbocycles. The van der Waals surface area contributed by atoms with Gasteiger partial charge >= 0.3 is 0 Å². The number of thioether (sulfide) groups is 1.